The molecular formula is C22H25BrN2O3. The number of fused-ring (bicyclic) bond motifs is 1. The fourth-order valence-electron chi connectivity index (χ4n) is 3.79. The first-order valence-electron chi connectivity index (χ1n) is 9.77. The van der Waals surface area contributed by atoms with Gasteiger partial charge in [-0.15, -0.1) is 0 Å². The fourth-order valence-corrected chi connectivity index (χ4v) is 4.24. The van der Waals surface area contributed by atoms with Crippen molar-refractivity contribution < 1.29 is 14.3 Å². The topological polar surface area (TPSA) is 50.8 Å². The summed E-state index contributed by atoms with van der Waals surface area (Å²) in [7, 11) is 0. The second kappa shape index (κ2) is 8.53. The fraction of sp³-hybridized carbons (Fsp3) is 0.409. The molecule has 1 amide bonds. The average Bonchev–Trinajstić information content (AvgIpc) is 2.70. The number of nitrogens with zero attached hydrogens (tertiary/aromatic N) is 1. The van der Waals surface area contributed by atoms with E-state index in [2.05, 4.69) is 32.2 Å². The van der Waals surface area contributed by atoms with Crippen LogP contribution >= 0.6 is 15.9 Å². The van der Waals surface area contributed by atoms with Gasteiger partial charge in [0.25, 0.3) is 5.91 Å². The molecule has 0 aliphatic carbocycles. The van der Waals surface area contributed by atoms with Crippen molar-refractivity contribution in [2.45, 2.75) is 32.4 Å². The van der Waals surface area contributed by atoms with Gasteiger partial charge >= 0.3 is 0 Å². The number of halogens is 1. The van der Waals surface area contributed by atoms with Crippen molar-refractivity contribution in [3.8, 4) is 11.5 Å². The Morgan fingerprint density at radius 2 is 1.82 bits per heavy atom. The van der Waals surface area contributed by atoms with Gasteiger partial charge in [-0.3, -0.25) is 9.69 Å². The van der Waals surface area contributed by atoms with Gasteiger partial charge in [-0.25, -0.2) is 0 Å². The Labute approximate surface area is 174 Å². The highest BCUT2D eigenvalue weighted by Gasteiger charge is 2.23. The molecule has 2 aromatic rings. The number of benzene rings is 2. The molecule has 0 unspecified atom stereocenters. The van der Waals surface area contributed by atoms with Crippen LogP contribution in [0.25, 0.3) is 0 Å². The first-order chi connectivity index (χ1) is 13.6. The molecule has 1 N–H and O–H groups in total. The molecule has 148 valence electrons. The van der Waals surface area contributed by atoms with Gasteiger partial charge in [0.05, 0.1) is 0 Å². The monoisotopic (exact) mass is 444 g/mol. The number of hydrogen-bond donors (Lipinski definition) is 1. The van der Waals surface area contributed by atoms with Gasteiger partial charge in [-0.05, 0) is 49.1 Å². The molecule has 2 aromatic carbocycles. The highest BCUT2D eigenvalue weighted by Crippen LogP contribution is 2.36. The van der Waals surface area contributed by atoms with E-state index < -0.39 is 0 Å². The Morgan fingerprint density at radius 3 is 2.54 bits per heavy atom. The third kappa shape index (κ3) is 4.33. The van der Waals surface area contributed by atoms with Gasteiger partial charge in [0.2, 0.25) is 0 Å². The molecule has 0 saturated carbocycles. The zero-order valence-corrected chi connectivity index (χ0v) is 17.6. The number of nitrogens with one attached hydrogen (secondary N) is 1. The summed E-state index contributed by atoms with van der Waals surface area (Å²) < 4.78 is 12.4. The van der Waals surface area contributed by atoms with Crippen LogP contribution in [0.2, 0.25) is 0 Å². The van der Waals surface area contributed by atoms with Crippen LogP contribution in [-0.2, 0) is 6.54 Å². The summed E-state index contributed by atoms with van der Waals surface area (Å²) in [5, 5.41) is 3.20. The van der Waals surface area contributed by atoms with Gasteiger partial charge in [-0.2, -0.15) is 0 Å². The van der Waals surface area contributed by atoms with Crippen molar-refractivity contribution in [2.24, 2.45) is 0 Å². The summed E-state index contributed by atoms with van der Waals surface area (Å²) >= 11 is 3.66. The lowest BCUT2D eigenvalue weighted by molar-refractivity contribution is 0.0908. The summed E-state index contributed by atoms with van der Waals surface area (Å²) in [4.78, 5) is 15.0. The smallest absolute Gasteiger partial charge is 0.251 e. The van der Waals surface area contributed by atoms with E-state index in [9.17, 15) is 4.79 Å². The minimum absolute atomic E-state index is 0.0335. The van der Waals surface area contributed by atoms with Crippen LogP contribution in [0.4, 0.5) is 0 Å². The minimum Gasteiger partial charge on any atom is -0.486 e. The molecule has 5 nitrogen and oxygen atoms in total. The molecule has 0 spiro atoms. The highest BCUT2D eigenvalue weighted by atomic mass is 79.9. The zero-order chi connectivity index (χ0) is 19.5. The van der Waals surface area contributed by atoms with Crippen LogP contribution in [0.1, 0.15) is 34.3 Å². The Bertz CT molecular complexity index is 863. The highest BCUT2D eigenvalue weighted by molar-refractivity contribution is 9.10. The van der Waals surface area contributed by atoms with E-state index in [0.717, 1.165) is 59.6 Å². The van der Waals surface area contributed by atoms with E-state index in [1.165, 1.54) is 5.56 Å². The van der Waals surface area contributed by atoms with Crippen molar-refractivity contribution in [1.29, 1.82) is 0 Å². The van der Waals surface area contributed by atoms with Crippen LogP contribution in [0, 0.1) is 6.92 Å². The number of amides is 1. The largest absolute Gasteiger partial charge is 0.486 e. The molecule has 6 heteroatoms. The Balaban J connectivity index is 1.32. The summed E-state index contributed by atoms with van der Waals surface area (Å²) in [6.07, 6.45) is 1.92. The average molecular weight is 445 g/mol. The van der Waals surface area contributed by atoms with Crippen LogP contribution in [0.15, 0.2) is 40.9 Å². The van der Waals surface area contributed by atoms with Crippen molar-refractivity contribution in [2.75, 3.05) is 26.3 Å². The number of hydrogen-bond acceptors (Lipinski definition) is 4. The maximum Gasteiger partial charge on any atom is 0.251 e. The van der Waals surface area contributed by atoms with Crippen LogP contribution in [-0.4, -0.2) is 43.2 Å². The zero-order valence-electron chi connectivity index (χ0n) is 16.0. The van der Waals surface area contributed by atoms with Gasteiger partial charge in [-0.1, -0.05) is 34.1 Å². The molecule has 28 heavy (non-hydrogen) atoms. The molecule has 1 fully saturated rings. The Hall–Kier alpha value is -2.05. The molecule has 0 aromatic heterocycles. The molecule has 1 saturated heterocycles. The number of likely N-dealkylation sites (tertiary alicyclic amines) is 1. The van der Waals surface area contributed by atoms with Crippen LogP contribution in [0.3, 0.4) is 0 Å². The van der Waals surface area contributed by atoms with Crippen molar-refractivity contribution >= 4 is 21.8 Å². The third-order valence-corrected chi connectivity index (χ3v) is 6.16. The standard InChI is InChI=1S/C22H25BrN2O3/c1-15-4-2-3-5-18(15)22(26)24-17-6-8-25(9-7-17)14-16-12-20-21(13-19(16)23)28-11-10-27-20/h2-5,12-13,17H,6-11,14H2,1H3,(H,24,26). The van der Waals surface area contributed by atoms with Crippen molar-refractivity contribution in [3.63, 3.8) is 0 Å². The van der Waals surface area contributed by atoms with Crippen molar-refractivity contribution in [3.05, 3.63) is 57.6 Å². The second-order valence-electron chi connectivity index (χ2n) is 7.43. The molecule has 2 aliphatic rings. The first kappa shape index (κ1) is 19.3. The van der Waals surface area contributed by atoms with Gasteiger partial charge in [0.1, 0.15) is 13.2 Å². The second-order valence-corrected chi connectivity index (χ2v) is 8.28. The number of carbonyl (C=O) groups excluding carboxylic acids is 1. The lowest BCUT2D eigenvalue weighted by Gasteiger charge is -2.33. The third-order valence-electron chi connectivity index (χ3n) is 5.42. The predicted molar refractivity (Wildman–Crippen MR) is 112 cm³/mol. The number of rotatable bonds is 4. The predicted octanol–water partition coefficient (Wildman–Crippen LogP) is 3.92. The van der Waals surface area contributed by atoms with Gasteiger partial charge < -0.3 is 14.8 Å². The molecule has 4 rings (SSSR count). The van der Waals surface area contributed by atoms with Gasteiger partial charge in [0.15, 0.2) is 11.5 Å². The van der Waals surface area contributed by atoms with Crippen LogP contribution < -0.4 is 14.8 Å². The summed E-state index contributed by atoms with van der Waals surface area (Å²) in [6.45, 7) is 5.94. The maximum atomic E-state index is 12.5. The van der Waals surface area contributed by atoms with E-state index >= 15 is 0 Å². The van der Waals surface area contributed by atoms with E-state index in [4.69, 9.17) is 9.47 Å². The molecule has 0 bridgehead atoms. The van der Waals surface area contributed by atoms with E-state index in [1.54, 1.807) is 0 Å². The van der Waals surface area contributed by atoms with E-state index in [0.29, 0.717) is 13.2 Å². The molecule has 2 heterocycles. The molecular weight excluding hydrogens is 420 g/mol. The molecule has 0 radical (unpaired) electrons. The van der Waals surface area contributed by atoms with E-state index in [-0.39, 0.29) is 11.9 Å². The Kier molecular flexibility index (Phi) is 5.87. The summed E-state index contributed by atoms with van der Waals surface area (Å²) in [5.74, 6) is 1.66. The lowest BCUT2D eigenvalue weighted by Crippen LogP contribution is -2.44. The SMILES string of the molecule is Cc1ccccc1C(=O)NC1CCN(Cc2cc3c(cc2Br)OCCO3)CC1. The summed E-state index contributed by atoms with van der Waals surface area (Å²) in [5.41, 5.74) is 2.98. The maximum absolute atomic E-state index is 12.5. The number of aryl methyl sites for hydroxylation is 1. The number of piperidine rings is 1. The minimum atomic E-state index is 0.0335. The molecule has 0 atom stereocenters. The quantitative estimate of drug-likeness (QED) is 0.775. The Morgan fingerprint density at radius 1 is 1.14 bits per heavy atom. The number of carbonyl (C=O) groups is 1. The van der Waals surface area contributed by atoms with Gasteiger partial charge in [0, 0.05) is 35.7 Å². The number of ether oxygens (including phenoxy) is 2. The van der Waals surface area contributed by atoms with Crippen LogP contribution in [0.5, 0.6) is 11.5 Å². The van der Waals surface area contributed by atoms with Crippen molar-refractivity contribution in [1.82, 2.24) is 10.2 Å². The van der Waals surface area contributed by atoms with E-state index in [1.807, 2.05) is 37.3 Å². The normalized spacial score (nSPS) is 17.4. The lowest BCUT2D eigenvalue weighted by atomic mass is 10.0. The summed E-state index contributed by atoms with van der Waals surface area (Å²) in [6, 6.07) is 12.0. The first-order valence-corrected chi connectivity index (χ1v) is 10.6. The molecule has 2 aliphatic heterocycles.